The highest BCUT2D eigenvalue weighted by Gasteiger charge is 2.30. The first-order valence-electron chi connectivity index (χ1n) is 6.11. The van der Waals surface area contributed by atoms with E-state index in [0.717, 1.165) is 12.8 Å². The highest BCUT2D eigenvalue weighted by Crippen LogP contribution is 2.31. The summed E-state index contributed by atoms with van der Waals surface area (Å²) in [5, 5.41) is 13.9. The second kappa shape index (κ2) is 6.33. The van der Waals surface area contributed by atoms with E-state index in [4.69, 9.17) is 0 Å². The third-order valence-electron chi connectivity index (χ3n) is 2.36. The van der Waals surface area contributed by atoms with Crippen LogP contribution < -0.4 is 10.6 Å². The number of rotatable bonds is 6. The van der Waals surface area contributed by atoms with Gasteiger partial charge in [0.15, 0.2) is 4.34 Å². The minimum atomic E-state index is -0.0289. The zero-order chi connectivity index (χ0) is 13.8. The lowest BCUT2D eigenvalue weighted by molar-refractivity contribution is -0.119. The molecule has 104 valence electrons. The smallest absolute Gasteiger partial charge is 0.230 e. The molecule has 1 aromatic rings. The second-order valence-electron chi connectivity index (χ2n) is 4.65. The maximum Gasteiger partial charge on any atom is 0.230 e. The quantitative estimate of drug-likeness (QED) is 0.614. The number of nitrogens with zero attached hydrogens (tertiary/aromatic N) is 2. The molecule has 0 radical (unpaired) electrons. The molecule has 0 aromatic carbocycles. The molecule has 1 aliphatic rings. The summed E-state index contributed by atoms with van der Waals surface area (Å²) in [7, 11) is 0. The van der Waals surface area contributed by atoms with Gasteiger partial charge in [0.05, 0.1) is 5.75 Å². The predicted octanol–water partition coefficient (Wildman–Crippen LogP) is 1.50. The van der Waals surface area contributed by atoms with E-state index in [0.29, 0.717) is 15.2 Å². The fourth-order valence-electron chi connectivity index (χ4n) is 1.36. The molecule has 0 bridgehead atoms. The number of aromatic nitrogens is 2. The summed E-state index contributed by atoms with van der Waals surface area (Å²) in [6, 6.07) is 0.135. The van der Waals surface area contributed by atoms with Crippen molar-refractivity contribution >= 4 is 40.0 Å². The Labute approximate surface area is 119 Å². The van der Waals surface area contributed by atoms with E-state index in [1.807, 2.05) is 13.8 Å². The molecule has 2 N–H and O–H groups in total. The second-order valence-corrected chi connectivity index (χ2v) is 6.85. The molecule has 2 rings (SSSR count). The molecule has 0 atom stereocenters. The zero-order valence-corrected chi connectivity index (χ0v) is 12.4. The monoisotopic (exact) mass is 300 g/mol. The van der Waals surface area contributed by atoms with E-state index in [1.165, 1.54) is 23.1 Å². The molecular formula is C11H16N4O2S2. The lowest BCUT2D eigenvalue weighted by Crippen LogP contribution is -2.31. The Bertz CT molecular complexity index is 471. The molecule has 1 saturated carbocycles. The number of carbonyl (C=O) groups excluding carboxylic acids is 2. The van der Waals surface area contributed by atoms with Gasteiger partial charge in [-0.05, 0) is 26.7 Å². The Morgan fingerprint density at radius 2 is 2.16 bits per heavy atom. The van der Waals surface area contributed by atoms with Crippen molar-refractivity contribution in [3.05, 3.63) is 0 Å². The topological polar surface area (TPSA) is 84.0 Å². The van der Waals surface area contributed by atoms with Crippen molar-refractivity contribution in [3.8, 4) is 0 Å². The van der Waals surface area contributed by atoms with Gasteiger partial charge in [0, 0.05) is 12.0 Å². The Balaban J connectivity index is 1.77. The minimum Gasteiger partial charge on any atom is -0.353 e. The van der Waals surface area contributed by atoms with Gasteiger partial charge in [-0.3, -0.25) is 9.59 Å². The molecule has 2 amide bonds. The average Bonchev–Trinajstić information content (AvgIpc) is 3.08. The van der Waals surface area contributed by atoms with Gasteiger partial charge in [0.25, 0.3) is 0 Å². The lowest BCUT2D eigenvalue weighted by atomic mass is 10.4. The summed E-state index contributed by atoms with van der Waals surface area (Å²) in [5.41, 5.74) is 0. The van der Waals surface area contributed by atoms with Crippen LogP contribution in [0.5, 0.6) is 0 Å². The van der Waals surface area contributed by atoms with Crippen molar-refractivity contribution in [1.82, 2.24) is 15.5 Å². The number of hydrogen-bond acceptors (Lipinski definition) is 6. The number of anilines is 1. The SMILES string of the molecule is CC(C)NC(=O)CSc1nnc(NC(=O)C2CC2)s1. The number of nitrogens with one attached hydrogen (secondary N) is 2. The van der Waals surface area contributed by atoms with E-state index >= 15 is 0 Å². The van der Waals surface area contributed by atoms with Crippen molar-refractivity contribution in [2.24, 2.45) is 5.92 Å². The van der Waals surface area contributed by atoms with Crippen molar-refractivity contribution in [2.45, 2.75) is 37.1 Å². The highest BCUT2D eigenvalue weighted by atomic mass is 32.2. The van der Waals surface area contributed by atoms with Gasteiger partial charge in [-0.2, -0.15) is 0 Å². The zero-order valence-electron chi connectivity index (χ0n) is 10.8. The van der Waals surface area contributed by atoms with Crippen molar-refractivity contribution in [3.63, 3.8) is 0 Å². The molecule has 1 fully saturated rings. The van der Waals surface area contributed by atoms with Gasteiger partial charge in [0.1, 0.15) is 0 Å². The van der Waals surface area contributed by atoms with Crippen molar-refractivity contribution < 1.29 is 9.59 Å². The molecule has 1 heterocycles. The minimum absolute atomic E-state index is 0.0188. The average molecular weight is 300 g/mol. The van der Waals surface area contributed by atoms with E-state index < -0.39 is 0 Å². The van der Waals surface area contributed by atoms with Crippen molar-refractivity contribution in [1.29, 1.82) is 0 Å². The van der Waals surface area contributed by atoms with Crippen LogP contribution in [0.25, 0.3) is 0 Å². The fraction of sp³-hybridized carbons (Fsp3) is 0.636. The molecule has 8 heteroatoms. The van der Waals surface area contributed by atoms with Crippen LogP contribution in [0.1, 0.15) is 26.7 Å². The van der Waals surface area contributed by atoms with Gasteiger partial charge in [0.2, 0.25) is 16.9 Å². The summed E-state index contributed by atoms with van der Waals surface area (Å²) in [5.74, 6) is 0.449. The first-order chi connectivity index (χ1) is 9.04. The summed E-state index contributed by atoms with van der Waals surface area (Å²) in [4.78, 5) is 23.0. The number of thioether (sulfide) groups is 1. The predicted molar refractivity (Wildman–Crippen MR) is 75.3 cm³/mol. The summed E-state index contributed by atoms with van der Waals surface area (Å²) in [6.45, 7) is 3.83. The molecule has 6 nitrogen and oxygen atoms in total. The first kappa shape index (κ1) is 14.3. The van der Waals surface area contributed by atoms with Gasteiger partial charge < -0.3 is 10.6 Å². The van der Waals surface area contributed by atoms with E-state index in [2.05, 4.69) is 20.8 Å². The Morgan fingerprint density at radius 3 is 2.79 bits per heavy atom. The van der Waals surface area contributed by atoms with Crippen LogP contribution in [-0.4, -0.2) is 33.8 Å². The number of carbonyl (C=O) groups is 2. The fourth-order valence-corrected chi connectivity index (χ4v) is 2.93. The summed E-state index contributed by atoms with van der Waals surface area (Å²) in [6.07, 6.45) is 1.92. The third kappa shape index (κ3) is 4.79. The van der Waals surface area contributed by atoms with E-state index in [1.54, 1.807) is 0 Å². The molecule has 1 aliphatic carbocycles. The molecule has 1 aromatic heterocycles. The summed E-state index contributed by atoms with van der Waals surface area (Å²) < 4.78 is 0.685. The van der Waals surface area contributed by atoms with Crippen LogP contribution in [0.15, 0.2) is 4.34 Å². The molecule has 0 aliphatic heterocycles. The van der Waals surface area contributed by atoms with Gasteiger partial charge in [-0.1, -0.05) is 23.1 Å². The van der Waals surface area contributed by atoms with Crippen LogP contribution in [0.4, 0.5) is 5.13 Å². The highest BCUT2D eigenvalue weighted by molar-refractivity contribution is 8.01. The van der Waals surface area contributed by atoms with Crippen LogP contribution >= 0.6 is 23.1 Å². The van der Waals surface area contributed by atoms with Gasteiger partial charge in [-0.15, -0.1) is 10.2 Å². The van der Waals surface area contributed by atoms with Crippen LogP contribution in [0.3, 0.4) is 0 Å². The van der Waals surface area contributed by atoms with Gasteiger partial charge >= 0.3 is 0 Å². The Morgan fingerprint density at radius 1 is 1.42 bits per heavy atom. The maximum absolute atomic E-state index is 11.5. The van der Waals surface area contributed by atoms with Crippen molar-refractivity contribution in [2.75, 3.05) is 11.1 Å². The summed E-state index contributed by atoms with van der Waals surface area (Å²) >= 11 is 2.62. The molecule has 0 spiro atoms. The van der Waals surface area contributed by atoms with E-state index in [9.17, 15) is 9.59 Å². The Kier molecular flexibility index (Phi) is 4.76. The number of hydrogen-bond donors (Lipinski definition) is 2. The molecule has 0 unspecified atom stereocenters. The normalized spacial score (nSPS) is 14.5. The maximum atomic E-state index is 11.5. The van der Waals surface area contributed by atoms with Crippen LogP contribution in [0.2, 0.25) is 0 Å². The molecule has 19 heavy (non-hydrogen) atoms. The van der Waals surface area contributed by atoms with E-state index in [-0.39, 0.29) is 23.8 Å². The largest absolute Gasteiger partial charge is 0.353 e. The third-order valence-corrected chi connectivity index (χ3v) is 4.33. The number of amides is 2. The van der Waals surface area contributed by atoms with Crippen LogP contribution in [0, 0.1) is 5.92 Å². The molecule has 0 saturated heterocycles. The first-order valence-corrected chi connectivity index (χ1v) is 7.91. The standard InChI is InChI=1S/C11H16N4O2S2/c1-6(2)12-8(16)5-18-11-15-14-10(19-11)13-9(17)7-3-4-7/h6-7H,3-5H2,1-2H3,(H,12,16)(H,13,14,17). The lowest BCUT2D eigenvalue weighted by Gasteiger charge is -2.06. The Hall–Kier alpha value is -1.15. The van der Waals surface area contributed by atoms with Gasteiger partial charge in [-0.25, -0.2) is 0 Å². The molecular weight excluding hydrogens is 284 g/mol. The van der Waals surface area contributed by atoms with Crippen LogP contribution in [-0.2, 0) is 9.59 Å².